The van der Waals surface area contributed by atoms with E-state index in [1.54, 1.807) is 0 Å². The van der Waals surface area contributed by atoms with E-state index >= 15 is 0 Å². The van der Waals surface area contributed by atoms with Crippen molar-refractivity contribution in [1.29, 1.82) is 0 Å². The highest BCUT2D eigenvalue weighted by atomic mass is 16.7. The minimum Gasteiger partial charge on any atom is -0.379 e. The van der Waals surface area contributed by atoms with Crippen LogP contribution in [0.4, 0.5) is 0 Å². The standard InChI is InChI=1S/C16H19N3O8/c1-10(18-11(20)2-3-12(18)21)16(25)17-7-9-26-8-6-15(24)27-19-13(22)4-5-14(19)23/h2-3,10H,4-9H2,1H3,(H,17,25). The molecule has 0 bridgehead atoms. The molecule has 1 unspecified atom stereocenters. The van der Waals surface area contributed by atoms with E-state index in [1.807, 2.05) is 0 Å². The van der Waals surface area contributed by atoms with Crippen LogP contribution in [0.2, 0.25) is 0 Å². The van der Waals surface area contributed by atoms with E-state index in [4.69, 9.17) is 4.74 Å². The van der Waals surface area contributed by atoms with Crippen LogP contribution in [-0.4, -0.2) is 71.3 Å². The fourth-order valence-corrected chi connectivity index (χ4v) is 2.37. The van der Waals surface area contributed by atoms with Crippen LogP contribution in [0.1, 0.15) is 26.2 Å². The molecule has 1 atom stereocenters. The molecule has 1 saturated heterocycles. The van der Waals surface area contributed by atoms with Gasteiger partial charge in [0.2, 0.25) is 5.91 Å². The first-order chi connectivity index (χ1) is 12.8. The third kappa shape index (κ3) is 5.20. The summed E-state index contributed by atoms with van der Waals surface area (Å²) in [6, 6.07) is -0.953. The number of ether oxygens (including phenoxy) is 1. The Balaban J connectivity index is 1.58. The lowest BCUT2D eigenvalue weighted by molar-refractivity contribution is -0.198. The molecule has 0 aromatic heterocycles. The molecule has 27 heavy (non-hydrogen) atoms. The lowest BCUT2D eigenvalue weighted by Crippen LogP contribution is -2.48. The van der Waals surface area contributed by atoms with E-state index in [0.717, 1.165) is 17.1 Å². The van der Waals surface area contributed by atoms with Crippen LogP contribution >= 0.6 is 0 Å². The Kier molecular flexibility index (Phi) is 6.77. The molecule has 146 valence electrons. The second-order valence-corrected chi connectivity index (χ2v) is 5.75. The number of hydrogen-bond donors (Lipinski definition) is 1. The monoisotopic (exact) mass is 381 g/mol. The van der Waals surface area contributed by atoms with E-state index in [-0.39, 0.29) is 39.0 Å². The Morgan fingerprint density at radius 3 is 2.26 bits per heavy atom. The maximum absolute atomic E-state index is 11.9. The third-order valence-corrected chi connectivity index (χ3v) is 3.81. The predicted octanol–water partition coefficient (Wildman–Crippen LogP) is -1.57. The summed E-state index contributed by atoms with van der Waals surface area (Å²) in [7, 11) is 0. The smallest absolute Gasteiger partial charge is 0.335 e. The molecule has 0 aliphatic carbocycles. The van der Waals surface area contributed by atoms with Crippen LogP contribution in [0.25, 0.3) is 0 Å². The van der Waals surface area contributed by atoms with Crippen molar-refractivity contribution in [2.75, 3.05) is 19.8 Å². The van der Waals surface area contributed by atoms with Crippen molar-refractivity contribution in [2.45, 2.75) is 32.2 Å². The largest absolute Gasteiger partial charge is 0.379 e. The highest BCUT2D eigenvalue weighted by molar-refractivity contribution is 6.15. The van der Waals surface area contributed by atoms with Crippen molar-refractivity contribution in [3.05, 3.63) is 12.2 Å². The number of rotatable bonds is 9. The molecule has 11 heteroatoms. The van der Waals surface area contributed by atoms with Gasteiger partial charge in [-0.2, -0.15) is 0 Å². The molecule has 0 spiro atoms. The van der Waals surface area contributed by atoms with Gasteiger partial charge in [-0.3, -0.25) is 28.9 Å². The SMILES string of the molecule is CC(C(=O)NCCOCCC(=O)ON1C(=O)CCC1=O)N1C(=O)C=CC1=O. The third-order valence-electron chi connectivity index (χ3n) is 3.81. The van der Waals surface area contributed by atoms with Crippen LogP contribution in [0.15, 0.2) is 12.2 Å². The summed E-state index contributed by atoms with van der Waals surface area (Å²) in [5.74, 6) is -3.52. The van der Waals surface area contributed by atoms with Crippen molar-refractivity contribution in [1.82, 2.24) is 15.3 Å². The van der Waals surface area contributed by atoms with Gasteiger partial charge in [-0.1, -0.05) is 0 Å². The van der Waals surface area contributed by atoms with Gasteiger partial charge in [0.15, 0.2) is 0 Å². The maximum Gasteiger partial charge on any atom is 0.335 e. The van der Waals surface area contributed by atoms with E-state index in [2.05, 4.69) is 10.2 Å². The molecule has 11 nitrogen and oxygen atoms in total. The number of carbonyl (C=O) groups is 6. The second kappa shape index (κ2) is 9.03. The van der Waals surface area contributed by atoms with Crippen molar-refractivity contribution in [3.8, 4) is 0 Å². The highest BCUT2D eigenvalue weighted by Crippen LogP contribution is 2.12. The van der Waals surface area contributed by atoms with Gasteiger partial charge in [0.25, 0.3) is 23.6 Å². The summed E-state index contributed by atoms with van der Waals surface area (Å²) < 4.78 is 5.16. The summed E-state index contributed by atoms with van der Waals surface area (Å²) in [4.78, 5) is 74.6. The van der Waals surface area contributed by atoms with Gasteiger partial charge in [-0.15, -0.1) is 5.06 Å². The van der Waals surface area contributed by atoms with Crippen molar-refractivity contribution in [2.24, 2.45) is 0 Å². The van der Waals surface area contributed by atoms with Gasteiger partial charge in [-0.05, 0) is 6.92 Å². The molecule has 5 amide bonds. The molecule has 0 aromatic carbocycles. The summed E-state index contributed by atoms with van der Waals surface area (Å²) in [5.41, 5.74) is 0. The molecule has 2 rings (SSSR count). The Labute approximate surface area is 154 Å². The number of carbonyl (C=O) groups excluding carboxylic acids is 6. The van der Waals surface area contributed by atoms with Gasteiger partial charge in [0, 0.05) is 31.5 Å². The molecular formula is C16H19N3O8. The van der Waals surface area contributed by atoms with Crippen molar-refractivity contribution < 1.29 is 38.3 Å². The van der Waals surface area contributed by atoms with Crippen molar-refractivity contribution >= 4 is 35.5 Å². The molecule has 1 N–H and O–H groups in total. The molecule has 2 heterocycles. The molecule has 0 radical (unpaired) electrons. The maximum atomic E-state index is 11.9. The first-order valence-electron chi connectivity index (χ1n) is 8.28. The Morgan fingerprint density at radius 2 is 1.67 bits per heavy atom. The van der Waals surface area contributed by atoms with Crippen LogP contribution in [0.3, 0.4) is 0 Å². The minimum absolute atomic E-state index is 0.0193. The van der Waals surface area contributed by atoms with Crippen LogP contribution in [0.5, 0.6) is 0 Å². The molecule has 2 aliphatic heterocycles. The summed E-state index contributed by atoms with van der Waals surface area (Å²) in [6.07, 6.45) is 2.05. The first kappa shape index (κ1) is 20.2. The number of nitrogens with zero attached hydrogens (tertiary/aromatic N) is 2. The average molecular weight is 381 g/mol. The van der Waals surface area contributed by atoms with E-state index in [1.165, 1.54) is 6.92 Å². The van der Waals surface area contributed by atoms with Crippen LogP contribution < -0.4 is 5.32 Å². The van der Waals surface area contributed by atoms with Gasteiger partial charge in [0.05, 0.1) is 19.6 Å². The first-order valence-corrected chi connectivity index (χ1v) is 8.28. The second-order valence-electron chi connectivity index (χ2n) is 5.75. The normalized spacial score (nSPS) is 17.7. The van der Waals surface area contributed by atoms with Gasteiger partial charge >= 0.3 is 5.97 Å². The average Bonchev–Trinajstić information content (AvgIpc) is 3.12. The fraction of sp³-hybridized carbons (Fsp3) is 0.500. The fourth-order valence-electron chi connectivity index (χ4n) is 2.37. The summed E-state index contributed by atoms with van der Waals surface area (Å²) in [6.45, 7) is 1.57. The number of amides is 5. The number of imide groups is 2. The summed E-state index contributed by atoms with van der Waals surface area (Å²) >= 11 is 0. The van der Waals surface area contributed by atoms with E-state index < -0.39 is 41.5 Å². The number of hydrogen-bond acceptors (Lipinski definition) is 8. The van der Waals surface area contributed by atoms with E-state index in [9.17, 15) is 28.8 Å². The van der Waals surface area contributed by atoms with Crippen LogP contribution in [-0.2, 0) is 38.3 Å². The lowest BCUT2D eigenvalue weighted by atomic mass is 10.2. The van der Waals surface area contributed by atoms with Gasteiger partial charge in [-0.25, -0.2) is 4.79 Å². The summed E-state index contributed by atoms with van der Waals surface area (Å²) in [5, 5.41) is 2.97. The number of hydroxylamine groups is 2. The Morgan fingerprint density at radius 1 is 1.07 bits per heavy atom. The molecule has 1 fully saturated rings. The highest BCUT2D eigenvalue weighted by Gasteiger charge is 2.33. The molecule has 0 aromatic rings. The van der Waals surface area contributed by atoms with E-state index in [0.29, 0.717) is 5.06 Å². The van der Waals surface area contributed by atoms with Gasteiger partial charge in [0.1, 0.15) is 6.04 Å². The predicted molar refractivity (Wildman–Crippen MR) is 86.1 cm³/mol. The topological polar surface area (TPSA) is 139 Å². The zero-order valence-corrected chi connectivity index (χ0v) is 14.6. The number of nitrogens with one attached hydrogen (secondary N) is 1. The van der Waals surface area contributed by atoms with Crippen molar-refractivity contribution in [3.63, 3.8) is 0 Å². The Bertz CT molecular complexity index is 668. The molecule has 0 saturated carbocycles. The zero-order chi connectivity index (χ0) is 20.0. The van der Waals surface area contributed by atoms with Gasteiger partial charge < -0.3 is 14.9 Å². The van der Waals surface area contributed by atoms with Crippen LogP contribution in [0, 0.1) is 0 Å². The molecule has 2 aliphatic rings. The molecular weight excluding hydrogens is 362 g/mol. The lowest BCUT2D eigenvalue weighted by Gasteiger charge is -2.21. The zero-order valence-electron chi connectivity index (χ0n) is 14.6. The quantitative estimate of drug-likeness (QED) is 0.373. The Hall–Kier alpha value is -3.08. The minimum atomic E-state index is -0.953.